The van der Waals surface area contributed by atoms with Crippen LogP contribution in [0.15, 0.2) is 42.5 Å². The second-order valence-corrected chi connectivity index (χ2v) is 8.38. The molecule has 7 nitrogen and oxygen atoms in total. The molecule has 1 fully saturated rings. The van der Waals surface area contributed by atoms with E-state index in [1.807, 2.05) is 36.4 Å². The lowest BCUT2D eigenvalue weighted by atomic mass is 10.0. The fourth-order valence-electron chi connectivity index (χ4n) is 3.34. The molecule has 2 aromatic rings. The number of pyridine rings is 1. The first-order chi connectivity index (χ1) is 15.5. The van der Waals surface area contributed by atoms with E-state index >= 15 is 0 Å². The first-order valence-corrected chi connectivity index (χ1v) is 11.4. The number of carbonyl (C=O) groups is 2. The molecule has 1 aliphatic rings. The van der Waals surface area contributed by atoms with E-state index in [2.05, 4.69) is 17.2 Å². The maximum absolute atomic E-state index is 12.4. The van der Waals surface area contributed by atoms with Crippen LogP contribution in [0.4, 0.5) is 10.6 Å². The summed E-state index contributed by atoms with van der Waals surface area (Å²) in [5.41, 5.74) is 2.55. The largest absolute Gasteiger partial charge is 0.479 e. The third kappa shape index (κ3) is 7.05. The zero-order valence-corrected chi connectivity index (χ0v) is 18.9. The molecule has 0 saturated heterocycles. The first kappa shape index (κ1) is 23.7. The van der Waals surface area contributed by atoms with Gasteiger partial charge < -0.3 is 15.2 Å². The summed E-state index contributed by atoms with van der Waals surface area (Å²) >= 11 is 0. The Bertz CT molecular complexity index is 896. The van der Waals surface area contributed by atoms with Crippen LogP contribution in [0, 0.1) is 5.92 Å². The lowest BCUT2D eigenvalue weighted by molar-refractivity contribution is -0.150. The topological polar surface area (TPSA) is 91.8 Å². The number of urea groups is 1. The van der Waals surface area contributed by atoms with Gasteiger partial charge >= 0.3 is 12.0 Å². The molecule has 1 atom stereocenters. The van der Waals surface area contributed by atoms with Crippen LogP contribution in [0.3, 0.4) is 0 Å². The third-order valence-electron chi connectivity index (χ3n) is 5.62. The second kappa shape index (κ2) is 11.6. The van der Waals surface area contributed by atoms with Crippen molar-refractivity contribution in [2.24, 2.45) is 5.92 Å². The number of amides is 2. The Morgan fingerprint density at radius 3 is 2.59 bits per heavy atom. The Morgan fingerprint density at radius 1 is 1.19 bits per heavy atom. The Labute approximate surface area is 189 Å². The van der Waals surface area contributed by atoms with Crippen LogP contribution < -0.4 is 10.2 Å². The molecule has 172 valence electrons. The van der Waals surface area contributed by atoms with Crippen molar-refractivity contribution in [2.45, 2.75) is 51.6 Å². The van der Waals surface area contributed by atoms with E-state index in [4.69, 9.17) is 4.74 Å². The molecule has 1 heterocycles. The number of carbonyl (C=O) groups excluding carboxylic acids is 1. The van der Waals surface area contributed by atoms with E-state index in [9.17, 15) is 14.7 Å². The van der Waals surface area contributed by atoms with Gasteiger partial charge in [-0.1, -0.05) is 50.1 Å². The SMILES string of the molecule is CCCCCNC(=O)N(C)c1cccc(-c2ccc(C[C@H](OCC3CC3)C(=O)O)cc2)n1. The minimum absolute atomic E-state index is 0.174. The number of ether oxygens (including phenoxy) is 1. The Hall–Kier alpha value is -2.93. The molecule has 7 heteroatoms. The number of unbranched alkanes of at least 4 members (excludes halogenated alkanes) is 2. The molecular weight excluding hydrogens is 406 g/mol. The fourth-order valence-corrected chi connectivity index (χ4v) is 3.34. The highest BCUT2D eigenvalue weighted by Gasteiger charge is 2.26. The van der Waals surface area contributed by atoms with Gasteiger partial charge in [0.15, 0.2) is 6.10 Å². The smallest absolute Gasteiger partial charge is 0.333 e. The van der Waals surface area contributed by atoms with Gasteiger partial charge in [0.25, 0.3) is 0 Å². The van der Waals surface area contributed by atoms with Gasteiger partial charge in [-0.3, -0.25) is 4.90 Å². The highest BCUT2D eigenvalue weighted by Crippen LogP contribution is 2.29. The standard InChI is InChI=1S/C25H33N3O4/c1-3-4-5-15-26-25(31)28(2)23-8-6-7-21(27-23)20-13-11-18(12-14-20)16-22(24(29)30)32-17-19-9-10-19/h6-8,11-14,19,22H,3-5,9-10,15-17H2,1-2H3,(H,26,31)(H,29,30)/t22-/m0/s1. The Morgan fingerprint density at radius 2 is 1.94 bits per heavy atom. The van der Waals surface area contributed by atoms with Crippen molar-refractivity contribution in [1.29, 1.82) is 0 Å². The summed E-state index contributed by atoms with van der Waals surface area (Å²) in [4.78, 5) is 30.0. The number of carboxylic acids is 1. The molecule has 2 amide bonds. The monoisotopic (exact) mass is 439 g/mol. The predicted molar refractivity (Wildman–Crippen MR) is 125 cm³/mol. The highest BCUT2D eigenvalue weighted by molar-refractivity contribution is 5.90. The van der Waals surface area contributed by atoms with Crippen LogP contribution in [0.2, 0.25) is 0 Å². The van der Waals surface area contributed by atoms with Crippen molar-refractivity contribution in [3.8, 4) is 11.3 Å². The van der Waals surface area contributed by atoms with E-state index < -0.39 is 12.1 Å². The number of carboxylic acid groups (broad SMARTS) is 1. The molecule has 0 spiro atoms. The minimum atomic E-state index is -0.930. The van der Waals surface area contributed by atoms with Crippen LogP contribution in [-0.2, 0) is 16.0 Å². The van der Waals surface area contributed by atoms with E-state index in [-0.39, 0.29) is 6.03 Å². The van der Waals surface area contributed by atoms with Crippen molar-refractivity contribution >= 4 is 17.8 Å². The maximum atomic E-state index is 12.4. The average molecular weight is 440 g/mol. The summed E-state index contributed by atoms with van der Waals surface area (Å²) in [5, 5.41) is 12.4. The Kier molecular flexibility index (Phi) is 8.62. The van der Waals surface area contributed by atoms with Crippen LogP contribution in [0.1, 0.15) is 44.6 Å². The number of anilines is 1. The van der Waals surface area contributed by atoms with Gasteiger partial charge in [-0.25, -0.2) is 14.6 Å². The summed E-state index contributed by atoms with van der Waals surface area (Å²) in [7, 11) is 1.71. The van der Waals surface area contributed by atoms with Crippen LogP contribution in [0.5, 0.6) is 0 Å². The number of aromatic nitrogens is 1. The molecule has 1 aromatic carbocycles. The molecular formula is C25H33N3O4. The number of hydrogen-bond acceptors (Lipinski definition) is 4. The zero-order chi connectivity index (χ0) is 22.9. The van der Waals surface area contributed by atoms with Gasteiger partial charge in [0.2, 0.25) is 0 Å². The lowest BCUT2D eigenvalue weighted by Gasteiger charge is -2.18. The Balaban J connectivity index is 1.61. The maximum Gasteiger partial charge on any atom is 0.333 e. The fraction of sp³-hybridized carbons (Fsp3) is 0.480. The molecule has 1 aromatic heterocycles. The average Bonchev–Trinajstić information content (AvgIpc) is 3.63. The molecule has 3 rings (SSSR count). The lowest BCUT2D eigenvalue weighted by Crippen LogP contribution is -2.38. The first-order valence-electron chi connectivity index (χ1n) is 11.4. The van der Waals surface area contributed by atoms with Gasteiger partial charge in [-0.15, -0.1) is 0 Å². The van der Waals surface area contributed by atoms with Gasteiger partial charge in [0, 0.05) is 25.6 Å². The third-order valence-corrected chi connectivity index (χ3v) is 5.62. The van der Waals surface area contributed by atoms with Gasteiger partial charge in [-0.05, 0) is 42.9 Å². The molecule has 1 aliphatic carbocycles. The number of rotatable bonds is 12. The van der Waals surface area contributed by atoms with Crippen molar-refractivity contribution in [2.75, 3.05) is 25.1 Å². The predicted octanol–water partition coefficient (Wildman–Crippen LogP) is 4.51. The summed E-state index contributed by atoms with van der Waals surface area (Å²) in [6, 6.07) is 13.1. The summed E-state index contributed by atoms with van der Waals surface area (Å²) < 4.78 is 5.60. The highest BCUT2D eigenvalue weighted by atomic mass is 16.5. The van der Waals surface area contributed by atoms with Gasteiger partial charge in [-0.2, -0.15) is 0 Å². The van der Waals surface area contributed by atoms with E-state index in [1.54, 1.807) is 13.1 Å². The summed E-state index contributed by atoms with van der Waals surface area (Å²) in [6.45, 7) is 3.30. The summed E-state index contributed by atoms with van der Waals surface area (Å²) in [5.74, 6) is 0.160. The number of hydrogen-bond donors (Lipinski definition) is 2. The minimum Gasteiger partial charge on any atom is -0.479 e. The van der Waals surface area contributed by atoms with Crippen molar-refractivity contribution in [1.82, 2.24) is 10.3 Å². The zero-order valence-electron chi connectivity index (χ0n) is 18.9. The number of nitrogens with one attached hydrogen (secondary N) is 1. The van der Waals surface area contributed by atoms with Crippen LogP contribution >= 0.6 is 0 Å². The van der Waals surface area contributed by atoms with E-state index in [1.165, 1.54) is 4.90 Å². The summed E-state index contributed by atoms with van der Waals surface area (Å²) in [6.07, 6.45) is 4.92. The van der Waals surface area contributed by atoms with E-state index in [0.29, 0.717) is 31.3 Å². The normalized spacial score (nSPS) is 14.1. The van der Waals surface area contributed by atoms with Gasteiger partial charge in [0.1, 0.15) is 5.82 Å². The van der Waals surface area contributed by atoms with Crippen LogP contribution in [-0.4, -0.2) is 48.4 Å². The van der Waals surface area contributed by atoms with Crippen molar-refractivity contribution in [3.05, 3.63) is 48.0 Å². The number of nitrogens with zero attached hydrogens (tertiary/aromatic N) is 2. The number of benzene rings is 1. The molecule has 1 saturated carbocycles. The van der Waals surface area contributed by atoms with Gasteiger partial charge in [0.05, 0.1) is 12.3 Å². The molecule has 0 bridgehead atoms. The molecule has 2 N–H and O–H groups in total. The molecule has 32 heavy (non-hydrogen) atoms. The molecule has 0 radical (unpaired) electrons. The van der Waals surface area contributed by atoms with Crippen molar-refractivity contribution in [3.63, 3.8) is 0 Å². The molecule has 0 unspecified atom stereocenters. The quantitative estimate of drug-likeness (QED) is 0.475. The second-order valence-electron chi connectivity index (χ2n) is 8.38. The van der Waals surface area contributed by atoms with E-state index in [0.717, 1.165) is 48.9 Å². The number of aliphatic carboxylic acids is 1. The van der Waals surface area contributed by atoms with Crippen molar-refractivity contribution < 1.29 is 19.4 Å². The van der Waals surface area contributed by atoms with Crippen LogP contribution in [0.25, 0.3) is 11.3 Å². The molecule has 0 aliphatic heterocycles.